The molecule has 0 atom stereocenters. The minimum Gasteiger partial charge on any atom is -0.475 e. The third-order valence-corrected chi connectivity index (χ3v) is 4.53. The lowest BCUT2D eigenvalue weighted by Crippen LogP contribution is -2.52. The van der Waals surface area contributed by atoms with Gasteiger partial charge in [-0.1, -0.05) is 0 Å². The number of carboxylic acids is 1. The van der Waals surface area contributed by atoms with Crippen LogP contribution in [0.4, 0.5) is 13.2 Å². The van der Waals surface area contributed by atoms with E-state index in [0.29, 0.717) is 25.2 Å². The van der Waals surface area contributed by atoms with E-state index in [4.69, 9.17) is 9.90 Å². The van der Waals surface area contributed by atoms with Crippen LogP contribution in [0.25, 0.3) is 0 Å². The van der Waals surface area contributed by atoms with Gasteiger partial charge in [0.1, 0.15) is 5.69 Å². The number of nitrogens with zero attached hydrogens (tertiary/aromatic N) is 3. The maximum atomic E-state index is 12.3. The Kier molecular flexibility index (Phi) is 5.57. The van der Waals surface area contributed by atoms with Gasteiger partial charge in [0.25, 0.3) is 5.91 Å². The molecule has 2 N–H and O–H groups in total. The highest BCUT2D eigenvalue weighted by atomic mass is 19.4. The van der Waals surface area contributed by atoms with Crippen LogP contribution < -0.4 is 5.32 Å². The van der Waals surface area contributed by atoms with Crippen LogP contribution in [0.1, 0.15) is 36.2 Å². The highest BCUT2D eigenvalue weighted by Gasteiger charge is 2.41. The van der Waals surface area contributed by atoms with E-state index < -0.39 is 12.1 Å². The average molecular weight is 376 g/mol. The van der Waals surface area contributed by atoms with Crippen molar-refractivity contribution in [1.29, 1.82) is 0 Å². The maximum absolute atomic E-state index is 12.3. The molecule has 0 unspecified atom stereocenters. The fourth-order valence-corrected chi connectivity index (χ4v) is 3.03. The van der Waals surface area contributed by atoms with E-state index in [0.717, 1.165) is 19.3 Å². The number of aryl methyl sites for hydroxylation is 1. The molecule has 2 amide bonds. The summed E-state index contributed by atoms with van der Waals surface area (Å²) in [5.74, 6) is -2.59. The predicted molar refractivity (Wildman–Crippen MR) is 82.1 cm³/mol. The van der Waals surface area contributed by atoms with Gasteiger partial charge < -0.3 is 15.3 Å². The second-order valence-electron chi connectivity index (χ2n) is 6.26. The number of likely N-dealkylation sites (tertiary alicyclic amines) is 1. The Hall–Kier alpha value is -2.59. The summed E-state index contributed by atoms with van der Waals surface area (Å²) in [4.78, 5) is 34.4. The number of carbonyl (C=O) groups excluding carboxylic acids is 2. The van der Waals surface area contributed by atoms with Gasteiger partial charge in [-0.3, -0.25) is 14.3 Å². The molecule has 26 heavy (non-hydrogen) atoms. The topological polar surface area (TPSA) is 105 Å². The van der Waals surface area contributed by atoms with Gasteiger partial charge in [0.2, 0.25) is 5.91 Å². The smallest absolute Gasteiger partial charge is 0.475 e. The largest absolute Gasteiger partial charge is 0.490 e. The molecular weight excluding hydrogens is 357 g/mol. The second kappa shape index (κ2) is 7.34. The van der Waals surface area contributed by atoms with Crippen LogP contribution in [0, 0.1) is 0 Å². The zero-order valence-electron chi connectivity index (χ0n) is 14.0. The molecule has 0 radical (unpaired) electrons. The van der Waals surface area contributed by atoms with Crippen molar-refractivity contribution in [2.75, 3.05) is 13.1 Å². The molecule has 2 saturated heterocycles. The lowest BCUT2D eigenvalue weighted by atomic mass is 9.86. The summed E-state index contributed by atoms with van der Waals surface area (Å²) in [6.45, 7) is 1.40. The summed E-state index contributed by atoms with van der Waals surface area (Å²) in [7, 11) is 1.77. The number of carboxylic acid groups (broad SMARTS) is 1. The van der Waals surface area contributed by atoms with Gasteiger partial charge in [-0.2, -0.15) is 18.3 Å². The van der Waals surface area contributed by atoms with Crippen molar-refractivity contribution < 1.29 is 32.7 Å². The van der Waals surface area contributed by atoms with Crippen molar-refractivity contribution in [2.45, 2.75) is 37.4 Å². The van der Waals surface area contributed by atoms with Crippen molar-refractivity contribution in [3.8, 4) is 0 Å². The minimum absolute atomic E-state index is 0.0270. The lowest BCUT2D eigenvalue weighted by molar-refractivity contribution is -0.192. The zero-order valence-corrected chi connectivity index (χ0v) is 14.0. The van der Waals surface area contributed by atoms with Crippen molar-refractivity contribution >= 4 is 17.8 Å². The molecule has 1 aromatic heterocycles. The summed E-state index contributed by atoms with van der Waals surface area (Å²) in [5, 5.41) is 14.2. The quantitative estimate of drug-likeness (QED) is 0.759. The molecule has 0 aliphatic carbocycles. The Morgan fingerprint density at radius 3 is 2.23 bits per heavy atom. The van der Waals surface area contributed by atoms with Crippen LogP contribution in [0.5, 0.6) is 0 Å². The summed E-state index contributed by atoms with van der Waals surface area (Å²) in [5.41, 5.74) is 0.562. The van der Waals surface area contributed by atoms with Crippen LogP contribution in [0.2, 0.25) is 0 Å². The Morgan fingerprint density at radius 2 is 1.85 bits per heavy atom. The lowest BCUT2D eigenvalue weighted by Gasteiger charge is -2.39. The number of aliphatic carboxylic acids is 1. The monoisotopic (exact) mass is 376 g/mol. The SMILES string of the molecule is Cn1nccc1C(=O)N1CCC2(CCC(=O)N2)CC1.O=C(O)C(F)(F)F. The number of hydrogen-bond donors (Lipinski definition) is 2. The molecule has 3 rings (SSSR count). The predicted octanol–water partition coefficient (Wildman–Crippen LogP) is 0.938. The number of aromatic nitrogens is 2. The highest BCUT2D eigenvalue weighted by Crippen LogP contribution is 2.31. The van der Waals surface area contributed by atoms with E-state index in [-0.39, 0.29) is 17.4 Å². The first-order valence-corrected chi connectivity index (χ1v) is 7.92. The minimum atomic E-state index is -5.08. The number of nitrogens with one attached hydrogen (secondary N) is 1. The molecule has 144 valence electrons. The first-order chi connectivity index (χ1) is 12.0. The Morgan fingerprint density at radius 1 is 1.27 bits per heavy atom. The molecule has 3 heterocycles. The van der Waals surface area contributed by atoms with Crippen LogP contribution in [0.3, 0.4) is 0 Å². The maximum Gasteiger partial charge on any atom is 0.490 e. The molecule has 2 aliphatic rings. The number of hydrogen-bond acceptors (Lipinski definition) is 4. The van der Waals surface area contributed by atoms with Gasteiger partial charge in [-0.25, -0.2) is 4.79 Å². The fourth-order valence-electron chi connectivity index (χ4n) is 3.03. The summed E-state index contributed by atoms with van der Waals surface area (Å²) in [6.07, 6.45) is -0.226. The van der Waals surface area contributed by atoms with Crippen LogP contribution >= 0.6 is 0 Å². The first kappa shape index (κ1) is 19.7. The summed E-state index contributed by atoms with van der Waals surface area (Å²) in [6, 6.07) is 1.74. The Labute approximate surface area is 146 Å². The number of carbonyl (C=O) groups is 3. The van der Waals surface area contributed by atoms with E-state index in [1.54, 1.807) is 24.0 Å². The second-order valence-corrected chi connectivity index (χ2v) is 6.26. The van der Waals surface area contributed by atoms with Gasteiger partial charge in [0.05, 0.1) is 0 Å². The molecule has 8 nitrogen and oxygen atoms in total. The van der Waals surface area contributed by atoms with Crippen molar-refractivity contribution in [3.63, 3.8) is 0 Å². The van der Waals surface area contributed by atoms with E-state index >= 15 is 0 Å². The van der Waals surface area contributed by atoms with E-state index in [2.05, 4.69) is 10.4 Å². The van der Waals surface area contributed by atoms with Gasteiger partial charge >= 0.3 is 12.1 Å². The third kappa shape index (κ3) is 4.52. The van der Waals surface area contributed by atoms with Gasteiger partial charge in [-0.05, 0) is 25.3 Å². The fraction of sp³-hybridized carbons (Fsp3) is 0.600. The molecule has 2 aliphatic heterocycles. The normalized spacial score (nSPS) is 18.9. The van der Waals surface area contributed by atoms with Crippen LogP contribution in [-0.4, -0.2) is 62.4 Å². The molecule has 2 fully saturated rings. The number of piperidine rings is 1. The van der Waals surface area contributed by atoms with Crippen LogP contribution in [-0.2, 0) is 16.6 Å². The molecule has 0 saturated carbocycles. The van der Waals surface area contributed by atoms with Crippen LogP contribution in [0.15, 0.2) is 12.3 Å². The summed E-state index contributed by atoms with van der Waals surface area (Å²) >= 11 is 0. The third-order valence-electron chi connectivity index (χ3n) is 4.53. The molecular formula is C15H19F3N4O4. The number of rotatable bonds is 1. The first-order valence-electron chi connectivity index (χ1n) is 7.92. The summed E-state index contributed by atoms with van der Waals surface area (Å²) < 4.78 is 33.3. The van der Waals surface area contributed by atoms with Crippen molar-refractivity contribution in [3.05, 3.63) is 18.0 Å². The molecule has 1 aromatic rings. The molecule has 0 bridgehead atoms. The van der Waals surface area contributed by atoms with E-state index in [1.807, 2.05) is 4.90 Å². The number of alkyl halides is 3. The molecule has 0 aromatic carbocycles. The standard InChI is InChI=1S/C13H18N4O2.C2HF3O2/c1-16-10(3-7-14-16)12(19)17-8-5-13(6-9-17)4-2-11(18)15-13;3-2(4,5)1(6)7/h3,7H,2,4-6,8-9H2,1H3,(H,15,18);(H,6,7). The van der Waals surface area contributed by atoms with E-state index in [9.17, 15) is 22.8 Å². The highest BCUT2D eigenvalue weighted by molar-refractivity contribution is 5.92. The average Bonchev–Trinajstić information content (AvgIpc) is 3.13. The Bertz CT molecular complexity index is 693. The molecule has 11 heteroatoms. The van der Waals surface area contributed by atoms with Gasteiger partial charge in [-0.15, -0.1) is 0 Å². The van der Waals surface area contributed by atoms with Gasteiger partial charge in [0, 0.05) is 38.3 Å². The zero-order chi connectivity index (χ0) is 19.5. The van der Waals surface area contributed by atoms with E-state index in [1.165, 1.54) is 0 Å². The number of amides is 2. The Balaban J connectivity index is 0.000000298. The molecule has 1 spiro atoms. The van der Waals surface area contributed by atoms with Crippen molar-refractivity contribution in [2.24, 2.45) is 7.05 Å². The number of halogens is 3. The van der Waals surface area contributed by atoms with Crippen molar-refractivity contribution in [1.82, 2.24) is 20.0 Å². The van der Waals surface area contributed by atoms with Gasteiger partial charge in [0.15, 0.2) is 0 Å².